The molecule has 0 aliphatic rings. The summed E-state index contributed by atoms with van der Waals surface area (Å²) in [5.41, 5.74) is 5.30. The number of aromatic nitrogens is 1. The molecule has 1 aromatic heterocycles. The van der Waals surface area contributed by atoms with Gasteiger partial charge in [-0.1, -0.05) is 30.3 Å². The van der Waals surface area contributed by atoms with Gasteiger partial charge in [0, 0.05) is 12.2 Å². The van der Waals surface area contributed by atoms with Crippen LogP contribution in [0.3, 0.4) is 0 Å². The number of rotatable bonds is 5. The maximum Gasteiger partial charge on any atom is 0.227 e. The topological polar surface area (TPSA) is 58.3 Å². The summed E-state index contributed by atoms with van der Waals surface area (Å²) in [7, 11) is 0. The molecular weight excluding hydrogens is 276 g/mol. The summed E-state index contributed by atoms with van der Waals surface area (Å²) in [6, 6.07) is 14.4. The molecule has 2 aromatic carbocycles. The second-order valence-corrected chi connectivity index (χ2v) is 5.06. The minimum atomic E-state index is 0.0740. The van der Waals surface area contributed by atoms with Crippen molar-refractivity contribution < 1.29 is 9.52 Å². The van der Waals surface area contributed by atoms with Gasteiger partial charge in [-0.3, -0.25) is 0 Å². The highest BCUT2D eigenvalue weighted by Gasteiger charge is 2.12. The maximum absolute atomic E-state index is 9.02. The summed E-state index contributed by atoms with van der Waals surface area (Å²) in [5.74, 6) is 0.566. The van der Waals surface area contributed by atoms with E-state index in [1.807, 2.05) is 18.2 Å². The monoisotopic (exact) mass is 294 g/mol. The van der Waals surface area contributed by atoms with E-state index in [9.17, 15) is 0 Å². The Hall–Kier alpha value is -2.59. The predicted molar refractivity (Wildman–Crippen MR) is 87.7 cm³/mol. The smallest absolute Gasteiger partial charge is 0.227 e. The Bertz CT molecular complexity index is 752. The van der Waals surface area contributed by atoms with Gasteiger partial charge in [0.25, 0.3) is 0 Å². The molecule has 4 nitrogen and oxygen atoms in total. The third kappa shape index (κ3) is 2.87. The maximum atomic E-state index is 9.02. The van der Waals surface area contributed by atoms with Crippen LogP contribution in [0, 0.1) is 6.92 Å². The van der Waals surface area contributed by atoms with Crippen LogP contribution in [0.25, 0.3) is 22.6 Å². The number of oxazole rings is 1. The van der Waals surface area contributed by atoms with E-state index in [1.54, 1.807) is 12.5 Å². The standard InChI is InChI=1S/C18H18N2O2/c1-13-4-2-3-5-15(13)14-6-7-17(19-8-10-21)16(12-14)18-20-9-11-22-18/h2-7,9,11-12,19,21H,8,10H2,1H3. The molecule has 0 aliphatic carbocycles. The predicted octanol–water partition coefficient (Wildman–Crippen LogP) is 3.72. The van der Waals surface area contributed by atoms with E-state index in [2.05, 4.69) is 41.5 Å². The highest BCUT2D eigenvalue weighted by Crippen LogP contribution is 2.33. The lowest BCUT2D eigenvalue weighted by molar-refractivity contribution is 0.311. The third-order valence-corrected chi connectivity index (χ3v) is 3.57. The summed E-state index contributed by atoms with van der Waals surface area (Å²) >= 11 is 0. The molecule has 4 heteroatoms. The molecule has 0 aliphatic heterocycles. The van der Waals surface area contributed by atoms with Crippen molar-refractivity contribution >= 4 is 5.69 Å². The zero-order valence-corrected chi connectivity index (χ0v) is 12.4. The van der Waals surface area contributed by atoms with E-state index in [0.29, 0.717) is 12.4 Å². The molecule has 112 valence electrons. The average molecular weight is 294 g/mol. The number of nitrogens with zero attached hydrogens (tertiary/aromatic N) is 1. The van der Waals surface area contributed by atoms with Crippen LogP contribution in [0.1, 0.15) is 5.56 Å². The summed E-state index contributed by atoms with van der Waals surface area (Å²) in [5, 5.41) is 12.2. The Morgan fingerprint density at radius 2 is 2.00 bits per heavy atom. The second kappa shape index (κ2) is 6.45. The SMILES string of the molecule is Cc1ccccc1-c1ccc(NCCO)c(-c2ncco2)c1. The van der Waals surface area contributed by atoms with E-state index < -0.39 is 0 Å². The summed E-state index contributed by atoms with van der Waals surface area (Å²) < 4.78 is 5.45. The third-order valence-electron chi connectivity index (χ3n) is 3.57. The molecule has 0 fully saturated rings. The first-order valence-electron chi connectivity index (χ1n) is 7.24. The Balaban J connectivity index is 2.08. The molecule has 0 atom stereocenters. The van der Waals surface area contributed by atoms with Gasteiger partial charge in [-0.25, -0.2) is 4.98 Å². The van der Waals surface area contributed by atoms with Crippen LogP contribution in [0.5, 0.6) is 0 Å². The zero-order valence-electron chi connectivity index (χ0n) is 12.4. The van der Waals surface area contributed by atoms with Gasteiger partial charge in [-0.2, -0.15) is 0 Å². The van der Waals surface area contributed by atoms with Crippen LogP contribution in [0.2, 0.25) is 0 Å². The number of hydrogen-bond donors (Lipinski definition) is 2. The molecule has 2 N–H and O–H groups in total. The van der Waals surface area contributed by atoms with Crippen molar-refractivity contribution in [2.24, 2.45) is 0 Å². The number of anilines is 1. The lowest BCUT2D eigenvalue weighted by Crippen LogP contribution is -2.06. The van der Waals surface area contributed by atoms with Crippen molar-refractivity contribution in [3.63, 3.8) is 0 Å². The van der Waals surface area contributed by atoms with Crippen LogP contribution in [-0.4, -0.2) is 23.2 Å². The van der Waals surface area contributed by atoms with Crippen molar-refractivity contribution in [1.29, 1.82) is 0 Å². The van der Waals surface area contributed by atoms with Gasteiger partial charge < -0.3 is 14.8 Å². The molecule has 1 heterocycles. The number of aliphatic hydroxyl groups excluding tert-OH is 1. The Morgan fingerprint density at radius 1 is 1.14 bits per heavy atom. The number of benzene rings is 2. The van der Waals surface area contributed by atoms with Gasteiger partial charge in [0.15, 0.2) is 0 Å². The fourth-order valence-electron chi connectivity index (χ4n) is 2.49. The Kier molecular flexibility index (Phi) is 4.21. The minimum Gasteiger partial charge on any atom is -0.444 e. The number of hydrogen-bond acceptors (Lipinski definition) is 4. The minimum absolute atomic E-state index is 0.0740. The van der Waals surface area contributed by atoms with Crippen molar-refractivity contribution in [3.8, 4) is 22.6 Å². The van der Waals surface area contributed by atoms with Gasteiger partial charge in [0.2, 0.25) is 5.89 Å². The van der Waals surface area contributed by atoms with E-state index in [0.717, 1.165) is 16.8 Å². The van der Waals surface area contributed by atoms with Crippen molar-refractivity contribution in [2.45, 2.75) is 6.92 Å². The molecular formula is C18H18N2O2. The summed E-state index contributed by atoms with van der Waals surface area (Å²) in [6.07, 6.45) is 3.19. The Morgan fingerprint density at radius 3 is 2.73 bits per heavy atom. The van der Waals surface area contributed by atoms with Gasteiger partial charge in [0.1, 0.15) is 6.26 Å². The molecule has 22 heavy (non-hydrogen) atoms. The number of nitrogens with one attached hydrogen (secondary N) is 1. The van der Waals surface area contributed by atoms with Crippen LogP contribution >= 0.6 is 0 Å². The first-order chi connectivity index (χ1) is 10.8. The van der Waals surface area contributed by atoms with E-state index in [1.165, 1.54) is 11.1 Å². The number of aryl methyl sites for hydroxylation is 1. The largest absolute Gasteiger partial charge is 0.444 e. The first-order valence-corrected chi connectivity index (χ1v) is 7.24. The zero-order chi connectivity index (χ0) is 15.4. The van der Waals surface area contributed by atoms with Crippen molar-refractivity contribution in [1.82, 2.24) is 4.98 Å². The first kappa shape index (κ1) is 14.4. The lowest BCUT2D eigenvalue weighted by Gasteiger charge is -2.12. The number of aliphatic hydroxyl groups is 1. The van der Waals surface area contributed by atoms with Gasteiger partial charge in [-0.05, 0) is 35.7 Å². The van der Waals surface area contributed by atoms with Crippen LogP contribution in [0.15, 0.2) is 59.3 Å². The van der Waals surface area contributed by atoms with E-state index in [-0.39, 0.29) is 6.61 Å². The molecule has 0 spiro atoms. The molecule has 0 saturated carbocycles. The Labute approximate surface area is 129 Å². The molecule has 0 amide bonds. The van der Waals surface area contributed by atoms with Crippen LogP contribution in [0.4, 0.5) is 5.69 Å². The second-order valence-electron chi connectivity index (χ2n) is 5.06. The normalized spacial score (nSPS) is 10.6. The lowest BCUT2D eigenvalue weighted by atomic mass is 9.98. The fourth-order valence-corrected chi connectivity index (χ4v) is 2.49. The van der Waals surface area contributed by atoms with Crippen molar-refractivity contribution in [2.75, 3.05) is 18.5 Å². The van der Waals surface area contributed by atoms with Gasteiger partial charge in [-0.15, -0.1) is 0 Å². The quantitative estimate of drug-likeness (QED) is 0.753. The fraction of sp³-hybridized carbons (Fsp3) is 0.167. The van der Waals surface area contributed by atoms with E-state index in [4.69, 9.17) is 9.52 Å². The molecule has 0 radical (unpaired) electrons. The highest BCUT2D eigenvalue weighted by molar-refractivity contribution is 5.80. The summed E-state index contributed by atoms with van der Waals surface area (Å²) in [6.45, 7) is 2.65. The van der Waals surface area contributed by atoms with Crippen molar-refractivity contribution in [3.05, 3.63) is 60.5 Å². The van der Waals surface area contributed by atoms with Crippen LogP contribution < -0.4 is 5.32 Å². The van der Waals surface area contributed by atoms with Gasteiger partial charge >= 0.3 is 0 Å². The molecule has 3 aromatic rings. The molecule has 0 bridgehead atoms. The highest BCUT2D eigenvalue weighted by atomic mass is 16.3. The molecule has 0 saturated heterocycles. The molecule has 3 rings (SSSR count). The van der Waals surface area contributed by atoms with Gasteiger partial charge in [0.05, 0.1) is 18.4 Å². The average Bonchev–Trinajstić information content (AvgIpc) is 3.08. The van der Waals surface area contributed by atoms with Crippen LogP contribution in [-0.2, 0) is 0 Å². The molecule has 0 unspecified atom stereocenters. The summed E-state index contributed by atoms with van der Waals surface area (Å²) in [4.78, 5) is 4.24. The van der Waals surface area contributed by atoms with E-state index >= 15 is 0 Å².